The van der Waals surface area contributed by atoms with Gasteiger partial charge in [-0.3, -0.25) is 14.4 Å². The minimum absolute atomic E-state index is 0.103. The topological polar surface area (TPSA) is 80.7 Å². The first-order chi connectivity index (χ1) is 12.5. The fourth-order valence-corrected chi connectivity index (χ4v) is 5.65. The molecule has 1 fully saturated rings. The summed E-state index contributed by atoms with van der Waals surface area (Å²) < 4.78 is 5.47. The number of esters is 1. The first-order valence-electron chi connectivity index (χ1n) is 9.86. The second kappa shape index (κ2) is 6.69. The molecule has 0 unspecified atom stereocenters. The zero-order valence-corrected chi connectivity index (χ0v) is 16.9. The number of fused-ring (bicyclic) bond motifs is 2. The minimum atomic E-state index is -0.784. The van der Waals surface area contributed by atoms with Crippen molar-refractivity contribution in [3.63, 3.8) is 0 Å². The molecular weight excluding hydrogens is 344 g/mol. The smallest absolute Gasteiger partial charge is 0.303 e. The van der Waals surface area contributed by atoms with Gasteiger partial charge in [-0.25, -0.2) is 0 Å². The van der Waals surface area contributed by atoms with Crippen LogP contribution in [-0.2, 0) is 19.1 Å². The number of hydrogen-bond donors (Lipinski definition) is 1. The number of rotatable bonds is 3. The summed E-state index contributed by atoms with van der Waals surface area (Å²) in [6.45, 7) is 9.65. The maximum atomic E-state index is 13.3. The summed E-state index contributed by atoms with van der Waals surface area (Å²) >= 11 is 0. The molecule has 0 aromatic carbocycles. The Hall–Kier alpha value is -1.75. The van der Waals surface area contributed by atoms with Crippen LogP contribution < -0.4 is 0 Å². The van der Waals surface area contributed by atoms with E-state index in [1.807, 2.05) is 6.08 Å². The molecule has 1 saturated carbocycles. The van der Waals surface area contributed by atoms with Crippen molar-refractivity contribution in [2.75, 3.05) is 0 Å². The van der Waals surface area contributed by atoms with Crippen LogP contribution in [0.5, 0.6) is 0 Å². The number of ether oxygens (including phenoxy) is 1. The molecule has 5 atom stereocenters. The molecule has 0 spiro atoms. The molecule has 0 amide bonds. The normalized spacial score (nSPS) is 38.9. The van der Waals surface area contributed by atoms with Gasteiger partial charge in [0.25, 0.3) is 0 Å². The van der Waals surface area contributed by atoms with Gasteiger partial charge in [0, 0.05) is 29.4 Å². The Morgan fingerprint density at radius 2 is 1.96 bits per heavy atom. The third-order valence-electron chi connectivity index (χ3n) is 7.11. The van der Waals surface area contributed by atoms with Gasteiger partial charge in [0.2, 0.25) is 0 Å². The van der Waals surface area contributed by atoms with Crippen molar-refractivity contribution < 1.29 is 24.2 Å². The molecule has 0 aromatic heterocycles. The van der Waals surface area contributed by atoms with Crippen LogP contribution in [-0.4, -0.2) is 35.4 Å². The monoisotopic (exact) mass is 374 g/mol. The van der Waals surface area contributed by atoms with E-state index in [1.165, 1.54) is 6.92 Å². The van der Waals surface area contributed by atoms with E-state index in [4.69, 9.17) is 4.74 Å². The first-order valence-corrected chi connectivity index (χ1v) is 9.86. The summed E-state index contributed by atoms with van der Waals surface area (Å²) in [6, 6.07) is 0. The fourth-order valence-electron chi connectivity index (χ4n) is 5.65. The number of Topliss-reactive ketones (excluding diaryl/α,β-unsaturated/α-hetero) is 1. The second-order valence-corrected chi connectivity index (χ2v) is 9.24. The standard InChI is InChI=1S/C22H30O5/c1-12(2)18-20(27-13(3)24)19(26)16-10-15-14(11-23)17(25)6-7-21(15,4)8-9-22(16,18)5/h10-12,17-18,20,25H,6-9H2,1-5H3/t17-,18+,20-,21+,22+/m1/s1. The number of ketones is 1. The third kappa shape index (κ3) is 3.00. The average Bonchev–Trinajstić information content (AvgIpc) is 2.70. The van der Waals surface area contributed by atoms with Crippen LogP contribution in [0, 0.1) is 22.7 Å². The molecular formula is C22H30O5. The molecule has 5 nitrogen and oxygen atoms in total. The largest absolute Gasteiger partial charge is 0.454 e. The van der Waals surface area contributed by atoms with E-state index >= 15 is 0 Å². The van der Waals surface area contributed by atoms with E-state index in [-0.39, 0.29) is 23.0 Å². The molecule has 3 rings (SSSR count). The van der Waals surface area contributed by atoms with Crippen molar-refractivity contribution in [2.45, 2.75) is 72.5 Å². The van der Waals surface area contributed by atoms with Crippen molar-refractivity contribution in [3.05, 3.63) is 22.8 Å². The van der Waals surface area contributed by atoms with Gasteiger partial charge in [-0.15, -0.1) is 0 Å². The van der Waals surface area contributed by atoms with Crippen LogP contribution in [0.3, 0.4) is 0 Å². The molecule has 1 N–H and O–H groups in total. The van der Waals surface area contributed by atoms with E-state index < -0.39 is 23.6 Å². The first kappa shape index (κ1) is 20.0. The van der Waals surface area contributed by atoms with Crippen LogP contribution in [0.15, 0.2) is 22.8 Å². The van der Waals surface area contributed by atoms with Gasteiger partial charge < -0.3 is 9.84 Å². The van der Waals surface area contributed by atoms with Gasteiger partial charge in [-0.1, -0.05) is 33.8 Å². The third-order valence-corrected chi connectivity index (χ3v) is 7.11. The summed E-state index contributed by atoms with van der Waals surface area (Å²) in [5, 5.41) is 10.3. The van der Waals surface area contributed by atoms with E-state index in [0.29, 0.717) is 17.6 Å². The van der Waals surface area contributed by atoms with Gasteiger partial charge >= 0.3 is 5.97 Å². The Morgan fingerprint density at radius 1 is 1.30 bits per heavy atom. The Kier molecular flexibility index (Phi) is 4.96. The molecule has 0 aliphatic heterocycles. The maximum absolute atomic E-state index is 13.3. The van der Waals surface area contributed by atoms with Crippen molar-refractivity contribution in [1.82, 2.24) is 0 Å². The van der Waals surface area contributed by atoms with Crippen molar-refractivity contribution in [3.8, 4) is 0 Å². The highest BCUT2D eigenvalue weighted by Gasteiger charge is 2.58. The van der Waals surface area contributed by atoms with Crippen LogP contribution >= 0.6 is 0 Å². The summed E-state index contributed by atoms with van der Waals surface area (Å²) in [5.41, 5.74) is 1.17. The van der Waals surface area contributed by atoms with Crippen molar-refractivity contribution in [1.29, 1.82) is 0 Å². The summed E-state index contributed by atoms with van der Waals surface area (Å²) in [7, 11) is 0. The summed E-state index contributed by atoms with van der Waals surface area (Å²) in [6.07, 6.45) is 3.98. The predicted octanol–water partition coefficient (Wildman–Crippen LogP) is 3.16. The van der Waals surface area contributed by atoms with Crippen LogP contribution in [0.25, 0.3) is 0 Å². The summed E-state index contributed by atoms with van der Waals surface area (Å²) in [5.74, 6) is -0.555. The zero-order valence-electron chi connectivity index (χ0n) is 16.9. The maximum Gasteiger partial charge on any atom is 0.303 e. The molecule has 0 heterocycles. The molecule has 5 heteroatoms. The van der Waals surface area contributed by atoms with Crippen molar-refractivity contribution >= 4 is 18.0 Å². The number of carbonyl (C=O) groups is 3. The zero-order chi connectivity index (χ0) is 20.1. The Labute approximate surface area is 160 Å². The Morgan fingerprint density at radius 3 is 2.52 bits per heavy atom. The highest BCUT2D eigenvalue weighted by Crippen LogP contribution is 2.59. The van der Waals surface area contributed by atoms with Gasteiger partial charge in [-0.05, 0) is 42.6 Å². The molecule has 0 aromatic rings. The Balaban J connectivity index is 2.21. The molecule has 3 aliphatic rings. The molecule has 0 radical (unpaired) electrons. The highest BCUT2D eigenvalue weighted by atomic mass is 16.5. The SMILES string of the molecule is CC(=O)O[C@H]1C(=O)C2=CC3=C(C=O)[C@H](O)CC[C@@]3(C)CC[C@]2(C)[C@H]1C(C)C. The number of aliphatic hydroxyl groups excluding tert-OH is 1. The minimum Gasteiger partial charge on any atom is -0.454 e. The van der Waals surface area contributed by atoms with Gasteiger partial charge in [0.1, 0.15) is 6.29 Å². The lowest BCUT2D eigenvalue weighted by atomic mass is 9.65. The lowest BCUT2D eigenvalue weighted by Crippen LogP contribution is -2.37. The lowest BCUT2D eigenvalue weighted by molar-refractivity contribution is -0.155. The Bertz CT molecular complexity index is 746. The fraction of sp³-hybridized carbons (Fsp3) is 0.682. The number of hydrogen-bond acceptors (Lipinski definition) is 5. The number of aldehydes is 1. The highest BCUT2D eigenvalue weighted by molar-refractivity contribution is 6.04. The molecule has 148 valence electrons. The van der Waals surface area contributed by atoms with Crippen molar-refractivity contribution in [2.24, 2.45) is 22.7 Å². The van der Waals surface area contributed by atoms with E-state index in [2.05, 4.69) is 27.7 Å². The average molecular weight is 374 g/mol. The van der Waals surface area contributed by atoms with E-state index in [0.717, 1.165) is 31.1 Å². The summed E-state index contributed by atoms with van der Waals surface area (Å²) in [4.78, 5) is 36.6. The van der Waals surface area contributed by atoms with E-state index in [9.17, 15) is 19.5 Å². The molecule has 3 aliphatic carbocycles. The van der Waals surface area contributed by atoms with Crippen LogP contribution in [0.4, 0.5) is 0 Å². The molecule has 0 bridgehead atoms. The quantitative estimate of drug-likeness (QED) is 0.606. The predicted molar refractivity (Wildman–Crippen MR) is 101 cm³/mol. The van der Waals surface area contributed by atoms with Gasteiger partial charge in [0.15, 0.2) is 11.9 Å². The number of carbonyl (C=O) groups excluding carboxylic acids is 3. The lowest BCUT2D eigenvalue weighted by Gasteiger charge is -2.39. The van der Waals surface area contributed by atoms with Crippen LogP contribution in [0.1, 0.15) is 60.3 Å². The second-order valence-electron chi connectivity index (χ2n) is 9.24. The van der Waals surface area contributed by atoms with Crippen LogP contribution in [0.2, 0.25) is 0 Å². The number of allylic oxidation sites excluding steroid dienone is 2. The molecule has 27 heavy (non-hydrogen) atoms. The van der Waals surface area contributed by atoms with Gasteiger partial charge in [0.05, 0.1) is 6.10 Å². The van der Waals surface area contributed by atoms with E-state index in [1.54, 1.807) is 0 Å². The molecule has 0 saturated heterocycles. The van der Waals surface area contributed by atoms with Gasteiger partial charge in [-0.2, -0.15) is 0 Å². The number of aliphatic hydroxyl groups is 1.